The minimum absolute atomic E-state index is 0.122. The second-order valence-corrected chi connectivity index (χ2v) is 11.7. The third-order valence-corrected chi connectivity index (χ3v) is 9.04. The average Bonchev–Trinajstić information content (AvgIpc) is 3.04. The first-order valence-electron chi connectivity index (χ1n) is 9.72. The maximum absolute atomic E-state index is 12.4. The molecular formula is C18H29N5O4S2. The van der Waals surface area contributed by atoms with E-state index in [2.05, 4.69) is 9.47 Å². The Labute approximate surface area is 173 Å². The number of imidazole rings is 1. The van der Waals surface area contributed by atoms with Crippen molar-refractivity contribution in [1.82, 2.24) is 23.1 Å². The second-order valence-electron chi connectivity index (χ2n) is 7.29. The van der Waals surface area contributed by atoms with Crippen LogP contribution < -0.4 is 0 Å². The van der Waals surface area contributed by atoms with E-state index in [0.29, 0.717) is 38.2 Å². The molecule has 1 saturated heterocycles. The van der Waals surface area contributed by atoms with Crippen molar-refractivity contribution in [3.63, 3.8) is 0 Å². The molecule has 0 atom stereocenters. The fraction of sp³-hybridized carbons (Fsp3) is 0.611. The minimum Gasteiger partial charge on any atom is -0.327 e. The van der Waals surface area contributed by atoms with Crippen molar-refractivity contribution in [2.24, 2.45) is 0 Å². The number of fused-ring (bicyclic) bond motifs is 1. The zero-order valence-corrected chi connectivity index (χ0v) is 19.0. The Balaban J connectivity index is 1.83. The molecule has 0 aliphatic carbocycles. The van der Waals surface area contributed by atoms with Crippen molar-refractivity contribution in [2.45, 2.75) is 31.8 Å². The van der Waals surface area contributed by atoms with Crippen molar-refractivity contribution >= 4 is 31.1 Å². The van der Waals surface area contributed by atoms with Crippen LogP contribution in [-0.4, -0.2) is 85.9 Å². The number of rotatable bonds is 7. The van der Waals surface area contributed by atoms with Gasteiger partial charge in [0.05, 0.1) is 28.2 Å². The lowest BCUT2D eigenvalue weighted by Crippen LogP contribution is -2.48. The molecule has 0 saturated carbocycles. The Kier molecular flexibility index (Phi) is 6.35. The lowest BCUT2D eigenvalue weighted by molar-refractivity contribution is 0.176. The summed E-state index contributed by atoms with van der Waals surface area (Å²) in [6.07, 6.45) is 0. The van der Waals surface area contributed by atoms with E-state index in [1.807, 2.05) is 6.92 Å². The third kappa shape index (κ3) is 4.33. The predicted octanol–water partition coefficient (Wildman–Crippen LogP) is 0.774. The van der Waals surface area contributed by atoms with Gasteiger partial charge in [0.2, 0.25) is 20.0 Å². The molecule has 11 heteroatoms. The van der Waals surface area contributed by atoms with Gasteiger partial charge in [-0.25, -0.2) is 26.1 Å². The first-order valence-corrected chi connectivity index (χ1v) is 12.8. The molecule has 9 nitrogen and oxygen atoms in total. The molecule has 162 valence electrons. The first-order chi connectivity index (χ1) is 13.6. The normalized spacial score (nSPS) is 17.4. The van der Waals surface area contributed by atoms with E-state index < -0.39 is 20.0 Å². The summed E-state index contributed by atoms with van der Waals surface area (Å²) in [7, 11) is -3.65. The molecule has 0 bridgehead atoms. The number of piperazine rings is 1. The van der Waals surface area contributed by atoms with Gasteiger partial charge in [-0.15, -0.1) is 0 Å². The largest absolute Gasteiger partial charge is 0.327 e. The van der Waals surface area contributed by atoms with Gasteiger partial charge in [-0.1, -0.05) is 0 Å². The van der Waals surface area contributed by atoms with Crippen LogP contribution >= 0.6 is 0 Å². The van der Waals surface area contributed by atoms with E-state index in [-0.39, 0.29) is 10.6 Å². The number of benzene rings is 1. The molecule has 1 aromatic carbocycles. The molecule has 0 radical (unpaired) electrons. The van der Waals surface area contributed by atoms with Gasteiger partial charge in [0.25, 0.3) is 0 Å². The van der Waals surface area contributed by atoms with Crippen LogP contribution in [0.15, 0.2) is 23.1 Å². The summed E-state index contributed by atoms with van der Waals surface area (Å²) >= 11 is 0. The number of aryl methyl sites for hydroxylation is 1. The summed E-state index contributed by atoms with van der Waals surface area (Å²) in [5.74, 6) is 0.977. The lowest BCUT2D eigenvalue weighted by Gasteiger charge is -2.33. The highest BCUT2D eigenvalue weighted by atomic mass is 32.2. The molecule has 2 aromatic rings. The van der Waals surface area contributed by atoms with Crippen LogP contribution in [0.25, 0.3) is 11.0 Å². The van der Waals surface area contributed by atoms with Crippen LogP contribution in [0.3, 0.4) is 0 Å². The maximum atomic E-state index is 12.4. The zero-order valence-electron chi connectivity index (χ0n) is 17.4. The topological polar surface area (TPSA) is 95.8 Å². The van der Waals surface area contributed by atoms with Crippen molar-refractivity contribution in [3.8, 4) is 0 Å². The number of hydrogen-bond donors (Lipinski definition) is 0. The highest BCUT2D eigenvalue weighted by Crippen LogP contribution is 2.23. The fourth-order valence-electron chi connectivity index (χ4n) is 3.55. The summed E-state index contributed by atoms with van der Waals surface area (Å²) in [6, 6.07) is 5.03. The van der Waals surface area contributed by atoms with Crippen LogP contribution in [0.2, 0.25) is 0 Å². The number of sulfonamides is 2. The van der Waals surface area contributed by atoms with Gasteiger partial charge in [0, 0.05) is 46.8 Å². The van der Waals surface area contributed by atoms with E-state index in [1.54, 1.807) is 29.4 Å². The zero-order chi connectivity index (χ0) is 21.4. The molecule has 0 N–H and O–H groups in total. The number of hydrogen-bond acceptors (Lipinski definition) is 6. The molecular weight excluding hydrogens is 414 g/mol. The molecule has 1 aliphatic heterocycles. The van der Waals surface area contributed by atoms with Crippen molar-refractivity contribution in [2.75, 3.05) is 46.0 Å². The van der Waals surface area contributed by atoms with E-state index in [9.17, 15) is 16.8 Å². The monoisotopic (exact) mass is 443 g/mol. The third-order valence-electron chi connectivity index (χ3n) is 5.35. The van der Waals surface area contributed by atoms with E-state index in [4.69, 9.17) is 4.98 Å². The molecule has 3 rings (SSSR count). The van der Waals surface area contributed by atoms with Gasteiger partial charge >= 0.3 is 0 Å². The molecule has 1 aliphatic rings. The van der Waals surface area contributed by atoms with Gasteiger partial charge in [0.1, 0.15) is 5.82 Å². The van der Waals surface area contributed by atoms with Crippen LogP contribution in [0.1, 0.15) is 19.7 Å². The average molecular weight is 444 g/mol. The quantitative estimate of drug-likeness (QED) is 0.627. The van der Waals surface area contributed by atoms with Crippen LogP contribution in [0.4, 0.5) is 0 Å². The summed E-state index contributed by atoms with van der Waals surface area (Å²) < 4.78 is 53.7. The number of nitrogens with zero attached hydrogens (tertiary/aromatic N) is 5. The first kappa shape index (κ1) is 22.2. The number of aromatic nitrogens is 2. The molecule has 29 heavy (non-hydrogen) atoms. The summed E-state index contributed by atoms with van der Waals surface area (Å²) in [6.45, 7) is 7.26. The fourth-order valence-corrected chi connectivity index (χ4v) is 5.56. The van der Waals surface area contributed by atoms with E-state index in [1.165, 1.54) is 18.4 Å². The Bertz CT molecular complexity index is 1080. The van der Waals surface area contributed by atoms with Gasteiger partial charge in [-0.2, -0.15) is 4.31 Å². The lowest BCUT2D eigenvalue weighted by atomic mass is 10.3. The Morgan fingerprint density at radius 1 is 1.03 bits per heavy atom. The van der Waals surface area contributed by atoms with Crippen LogP contribution in [0.5, 0.6) is 0 Å². The standard InChI is InChI=1S/C18H29N5O4S2/c1-5-23-17-8-7-15(29(26,27)20(3)4)13-16(17)19-18(23)14-21-9-11-22(12-10-21)28(24,25)6-2/h7-8,13H,5-6,9-12,14H2,1-4H3. The van der Waals surface area contributed by atoms with Gasteiger partial charge in [-0.3, -0.25) is 4.90 Å². The Morgan fingerprint density at radius 3 is 2.24 bits per heavy atom. The van der Waals surface area contributed by atoms with Crippen LogP contribution in [0, 0.1) is 0 Å². The minimum atomic E-state index is -3.52. The molecule has 2 heterocycles. The molecule has 0 amide bonds. The molecule has 1 aromatic heterocycles. The van der Waals surface area contributed by atoms with E-state index in [0.717, 1.165) is 17.9 Å². The van der Waals surface area contributed by atoms with Gasteiger partial charge in [0.15, 0.2) is 0 Å². The summed E-state index contributed by atoms with van der Waals surface area (Å²) in [5.41, 5.74) is 1.55. The van der Waals surface area contributed by atoms with Gasteiger partial charge in [-0.05, 0) is 32.0 Å². The Hall–Kier alpha value is -1.53. The SMILES string of the molecule is CCn1c(CN2CCN(S(=O)(=O)CC)CC2)nc2cc(S(=O)(=O)N(C)C)ccc21. The smallest absolute Gasteiger partial charge is 0.242 e. The van der Waals surface area contributed by atoms with Gasteiger partial charge < -0.3 is 4.57 Å². The maximum Gasteiger partial charge on any atom is 0.242 e. The second kappa shape index (κ2) is 8.31. The predicted molar refractivity (Wildman–Crippen MR) is 113 cm³/mol. The van der Waals surface area contributed by atoms with Crippen molar-refractivity contribution < 1.29 is 16.8 Å². The summed E-state index contributed by atoms with van der Waals surface area (Å²) in [5, 5.41) is 0. The summed E-state index contributed by atoms with van der Waals surface area (Å²) in [4.78, 5) is 7.11. The van der Waals surface area contributed by atoms with Crippen molar-refractivity contribution in [3.05, 3.63) is 24.0 Å². The van der Waals surface area contributed by atoms with Crippen molar-refractivity contribution in [1.29, 1.82) is 0 Å². The Morgan fingerprint density at radius 2 is 1.69 bits per heavy atom. The molecule has 0 unspecified atom stereocenters. The highest BCUT2D eigenvalue weighted by molar-refractivity contribution is 7.89. The molecule has 1 fully saturated rings. The highest BCUT2D eigenvalue weighted by Gasteiger charge is 2.26. The molecule has 0 spiro atoms. The van der Waals surface area contributed by atoms with E-state index >= 15 is 0 Å². The van der Waals surface area contributed by atoms with Crippen LogP contribution in [-0.2, 0) is 33.1 Å².